The Bertz CT molecular complexity index is 945. The number of carbonyl (C=O) groups excluding carboxylic acids is 1. The molecule has 2 aromatic rings. The van der Waals surface area contributed by atoms with Crippen LogP contribution in [-0.2, 0) is 11.3 Å². The van der Waals surface area contributed by atoms with Gasteiger partial charge in [-0.25, -0.2) is 0 Å². The normalized spacial score (nSPS) is 28.7. The third-order valence-electron chi connectivity index (χ3n) is 7.58. The summed E-state index contributed by atoms with van der Waals surface area (Å²) < 4.78 is 5.51. The average Bonchev–Trinajstić information content (AvgIpc) is 3.36. The summed E-state index contributed by atoms with van der Waals surface area (Å²) in [6.07, 6.45) is 6.81. The zero-order valence-corrected chi connectivity index (χ0v) is 17.5. The molecule has 0 saturated carbocycles. The van der Waals surface area contributed by atoms with Crippen molar-refractivity contribution < 1.29 is 9.53 Å². The fourth-order valence-corrected chi connectivity index (χ4v) is 6.12. The fourth-order valence-electron chi connectivity index (χ4n) is 6.12. The second kappa shape index (κ2) is 6.84. The molecule has 5 nitrogen and oxygen atoms in total. The molecule has 0 N–H and O–H groups in total. The molecule has 3 saturated heterocycles. The lowest BCUT2D eigenvalue weighted by molar-refractivity contribution is -0.137. The molecule has 0 radical (unpaired) electrons. The smallest absolute Gasteiger partial charge is 0.243 e. The van der Waals surface area contributed by atoms with Crippen LogP contribution in [0.3, 0.4) is 0 Å². The van der Waals surface area contributed by atoms with Gasteiger partial charge in [0.05, 0.1) is 7.11 Å². The Balaban J connectivity index is 1.45. The summed E-state index contributed by atoms with van der Waals surface area (Å²) in [5, 5.41) is 0. The van der Waals surface area contributed by atoms with Crippen molar-refractivity contribution in [3.05, 3.63) is 58.9 Å². The van der Waals surface area contributed by atoms with Crippen molar-refractivity contribution in [1.82, 2.24) is 14.8 Å². The highest BCUT2D eigenvalue weighted by Crippen LogP contribution is 2.56. The Hall–Kier alpha value is -2.40. The number of hydrogen-bond donors (Lipinski definition) is 0. The van der Waals surface area contributed by atoms with Crippen molar-refractivity contribution in [1.29, 1.82) is 0 Å². The zero-order valence-electron chi connectivity index (χ0n) is 17.5. The minimum Gasteiger partial charge on any atom is -0.496 e. The summed E-state index contributed by atoms with van der Waals surface area (Å²) in [6.45, 7) is 6.87. The summed E-state index contributed by atoms with van der Waals surface area (Å²) >= 11 is 0. The Labute approximate surface area is 172 Å². The third kappa shape index (κ3) is 2.63. The number of pyridine rings is 1. The molecular weight excluding hydrogens is 362 g/mol. The molecule has 1 aromatic heterocycles. The Morgan fingerprint density at radius 2 is 2.10 bits per heavy atom. The van der Waals surface area contributed by atoms with Gasteiger partial charge in [0.1, 0.15) is 11.3 Å². The molecule has 1 amide bonds. The largest absolute Gasteiger partial charge is 0.496 e. The molecule has 1 spiro atoms. The summed E-state index contributed by atoms with van der Waals surface area (Å²) in [4.78, 5) is 22.5. The molecule has 3 atom stereocenters. The number of amides is 1. The maximum Gasteiger partial charge on any atom is 0.243 e. The molecule has 3 aliphatic heterocycles. The highest BCUT2D eigenvalue weighted by molar-refractivity contribution is 5.90. The monoisotopic (exact) mass is 391 g/mol. The van der Waals surface area contributed by atoms with Crippen LogP contribution in [0.5, 0.6) is 5.75 Å². The van der Waals surface area contributed by atoms with Gasteiger partial charge in [-0.15, -0.1) is 0 Å². The molecular formula is C24H29N3O2. The van der Waals surface area contributed by atoms with Gasteiger partial charge >= 0.3 is 0 Å². The van der Waals surface area contributed by atoms with Crippen LogP contribution in [-0.4, -0.2) is 46.4 Å². The number of aromatic nitrogens is 1. The predicted octanol–water partition coefficient (Wildman–Crippen LogP) is 3.65. The number of hydrogen-bond acceptors (Lipinski definition) is 4. The van der Waals surface area contributed by atoms with E-state index in [0.717, 1.165) is 43.7 Å². The minimum atomic E-state index is -0.298. The lowest BCUT2D eigenvalue weighted by atomic mass is 9.85. The van der Waals surface area contributed by atoms with Gasteiger partial charge in [0.15, 0.2) is 0 Å². The van der Waals surface area contributed by atoms with Crippen LogP contribution in [0.2, 0.25) is 0 Å². The van der Waals surface area contributed by atoms with Gasteiger partial charge in [0.2, 0.25) is 5.91 Å². The number of likely N-dealkylation sites (tertiary alicyclic amines) is 1. The standard InChI is InChI=1S/C24H29N3O2/c1-16-17(2)22(29-3)8-7-20(16)21-12-19-15-26(14-18-6-4-10-25-13-18)23(28)24(19)9-5-11-27(21)24/h4,6-8,10,13,19,21H,5,9,11-12,14-15H2,1-3H3/t19-,21-,24-/m0/s1. The highest BCUT2D eigenvalue weighted by atomic mass is 16.5. The third-order valence-corrected chi connectivity index (χ3v) is 7.58. The quantitative estimate of drug-likeness (QED) is 0.798. The van der Waals surface area contributed by atoms with Gasteiger partial charge < -0.3 is 9.64 Å². The molecule has 1 aromatic carbocycles. The van der Waals surface area contributed by atoms with Crippen LogP contribution in [0, 0.1) is 19.8 Å². The van der Waals surface area contributed by atoms with E-state index >= 15 is 0 Å². The first kappa shape index (κ1) is 18.6. The van der Waals surface area contributed by atoms with Crippen molar-refractivity contribution >= 4 is 5.91 Å². The van der Waals surface area contributed by atoms with Crippen molar-refractivity contribution in [3.8, 4) is 5.75 Å². The first-order chi connectivity index (χ1) is 14.1. The van der Waals surface area contributed by atoms with E-state index in [1.54, 1.807) is 13.3 Å². The lowest BCUT2D eigenvalue weighted by Crippen LogP contribution is -2.49. The van der Waals surface area contributed by atoms with Gasteiger partial charge in [0, 0.05) is 37.4 Å². The van der Waals surface area contributed by atoms with E-state index < -0.39 is 0 Å². The van der Waals surface area contributed by atoms with Crippen molar-refractivity contribution in [2.45, 2.75) is 51.2 Å². The van der Waals surface area contributed by atoms with Gasteiger partial charge in [-0.05, 0) is 74.0 Å². The first-order valence-electron chi connectivity index (χ1n) is 10.7. The number of carbonyl (C=O) groups is 1. The van der Waals surface area contributed by atoms with Crippen LogP contribution in [0.25, 0.3) is 0 Å². The number of ether oxygens (including phenoxy) is 1. The van der Waals surface area contributed by atoms with Crippen molar-refractivity contribution in [2.24, 2.45) is 5.92 Å². The maximum atomic E-state index is 13.7. The molecule has 0 aliphatic carbocycles. The van der Waals surface area contributed by atoms with Gasteiger partial charge in [0.25, 0.3) is 0 Å². The zero-order chi connectivity index (χ0) is 20.2. The molecule has 4 heterocycles. The second-order valence-electron chi connectivity index (χ2n) is 8.82. The van der Waals surface area contributed by atoms with Crippen LogP contribution in [0.4, 0.5) is 0 Å². The van der Waals surface area contributed by atoms with Crippen LogP contribution >= 0.6 is 0 Å². The predicted molar refractivity (Wildman–Crippen MR) is 112 cm³/mol. The summed E-state index contributed by atoms with van der Waals surface area (Å²) in [6, 6.07) is 8.64. The molecule has 3 aliphatic rings. The van der Waals surface area contributed by atoms with Gasteiger partial charge in [-0.3, -0.25) is 14.7 Å². The van der Waals surface area contributed by atoms with Crippen molar-refractivity contribution in [2.75, 3.05) is 20.2 Å². The molecule has 0 bridgehead atoms. The van der Waals surface area contributed by atoms with Gasteiger partial charge in [-0.1, -0.05) is 12.1 Å². The summed E-state index contributed by atoms with van der Waals surface area (Å²) in [5.41, 5.74) is 4.69. The Kier molecular flexibility index (Phi) is 4.39. The number of benzene rings is 1. The number of nitrogens with zero attached hydrogens (tertiary/aromatic N) is 3. The average molecular weight is 392 g/mol. The first-order valence-corrected chi connectivity index (χ1v) is 10.7. The van der Waals surface area contributed by atoms with Crippen LogP contribution in [0.1, 0.15) is 47.6 Å². The van der Waals surface area contributed by atoms with E-state index in [9.17, 15) is 4.79 Å². The molecule has 5 heteroatoms. The number of methoxy groups -OCH3 is 1. The summed E-state index contributed by atoms with van der Waals surface area (Å²) in [7, 11) is 1.73. The topological polar surface area (TPSA) is 45.7 Å². The Morgan fingerprint density at radius 3 is 2.86 bits per heavy atom. The van der Waals surface area contributed by atoms with Crippen molar-refractivity contribution in [3.63, 3.8) is 0 Å². The van der Waals surface area contributed by atoms with Crippen LogP contribution < -0.4 is 4.74 Å². The van der Waals surface area contributed by atoms with E-state index in [2.05, 4.69) is 46.8 Å². The molecule has 5 rings (SSSR count). The highest BCUT2D eigenvalue weighted by Gasteiger charge is 2.65. The fraction of sp³-hybridized carbons (Fsp3) is 0.500. The molecule has 152 valence electrons. The molecule has 0 unspecified atom stereocenters. The SMILES string of the molecule is COc1ccc([C@@H]2C[C@H]3CN(Cc4cccnc4)C(=O)[C@]34CCCN24)c(C)c1C. The second-order valence-corrected chi connectivity index (χ2v) is 8.82. The van der Waals surface area contributed by atoms with Crippen LogP contribution in [0.15, 0.2) is 36.7 Å². The number of rotatable bonds is 4. The van der Waals surface area contributed by atoms with E-state index in [4.69, 9.17) is 4.74 Å². The Morgan fingerprint density at radius 1 is 1.24 bits per heavy atom. The van der Waals surface area contributed by atoms with E-state index in [-0.39, 0.29) is 5.54 Å². The van der Waals surface area contributed by atoms with E-state index in [1.807, 2.05) is 12.3 Å². The maximum absolute atomic E-state index is 13.7. The summed E-state index contributed by atoms with van der Waals surface area (Å²) in [5.74, 6) is 1.68. The molecule has 29 heavy (non-hydrogen) atoms. The molecule has 3 fully saturated rings. The lowest BCUT2D eigenvalue weighted by Gasteiger charge is -2.34. The van der Waals surface area contributed by atoms with E-state index in [0.29, 0.717) is 24.4 Å². The van der Waals surface area contributed by atoms with E-state index in [1.165, 1.54) is 16.7 Å². The van der Waals surface area contributed by atoms with Gasteiger partial charge in [-0.2, -0.15) is 0 Å². The minimum absolute atomic E-state index is 0.298.